The molecule has 0 spiro atoms. The molecule has 1 heterocycles. The molecule has 1 rings (SSSR count). The molecule has 17 heavy (non-hydrogen) atoms. The van der Waals surface area contributed by atoms with E-state index >= 15 is 0 Å². The van der Waals surface area contributed by atoms with Crippen LogP contribution in [0.1, 0.15) is 6.92 Å². The van der Waals surface area contributed by atoms with Crippen LogP contribution in [0.2, 0.25) is 0 Å². The third-order valence-electron chi connectivity index (χ3n) is 2.73. The highest BCUT2D eigenvalue weighted by atomic mass is 16.7. The minimum absolute atomic E-state index is 0.280. The van der Waals surface area contributed by atoms with Crippen LogP contribution in [0.4, 0.5) is 0 Å². The minimum atomic E-state index is -1.03. The van der Waals surface area contributed by atoms with E-state index in [4.69, 9.17) is 19.3 Å². The van der Waals surface area contributed by atoms with Crippen molar-refractivity contribution in [3.05, 3.63) is 0 Å². The van der Waals surface area contributed by atoms with Crippen LogP contribution >= 0.6 is 0 Å². The summed E-state index contributed by atoms with van der Waals surface area (Å²) in [4.78, 5) is 11.1. The second-order valence-electron chi connectivity index (χ2n) is 3.88. The Kier molecular flexibility index (Phi) is 5.29. The summed E-state index contributed by atoms with van der Waals surface area (Å²) in [5, 5.41) is 21.6. The standard InChI is InChI=1S/C10H19NO6/c1-5(13)11-7-9(15-2)8(14)6(4-12)17-10(7)16-3/h6-10,12,14H,4H2,1-3H3,(H,11,13). The summed E-state index contributed by atoms with van der Waals surface area (Å²) in [6.07, 6.45) is -3.30. The third-order valence-corrected chi connectivity index (χ3v) is 2.73. The molecule has 5 atom stereocenters. The lowest BCUT2D eigenvalue weighted by Crippen LogP contribution is -2.64. The van der Waals surface area contributed by atoms with E-state index in [0.29, 0.717) is 0 Å². The Hall–Kier alpha value is -0.730. The predicted octanol–water partition coefficient (Wildman–Crippen LogP) is -1.77. The number of carbonyl (C=O) groups excluding carboxylic acids is 1. The average Bonchev–Trinajstić information content (AvgIpc) is 2.29. The Morgan fingerprint density at radius 2 is 2.06 bits per heavy atom. The van der Waals surface area contributed by atoms with E-state index in [9.17, 15) is 9.90 Å². The molecule has 1 amide bonds. The van der Waals surface area contributed by atoms with Crippen LogP contribution in [0.5, 0.6) is 0 Å². The van der Waals surface area contributed by atoms with Crippen molar-refractivity contribution >= 4 is 5.91 Å². The fraction of sp³-hybridized carbons (Fsp3) is 0.900. The van der Waals surface area contributed by atoms with Gasteiger partial charge in [-0.25, -0.2) is 0 Å². The number of carbonyl (C=O) groups is 1. The molecule has 0 aromatic heterocycles. The van der Waals surface area contributed by atoms with Crippen LogP contribution in [0.15, 0.2) is 0 Å². The lowest BCUT2D eigenvalue weighted by molar-refractivity contribution is -0.266. The third kappa shape index (κ3) is 3.14. The van der Waals surface area contributed by atoms with E-state index in [2.05, 4.69) is 5.32 Å². The van der Waals surface area contributed by atoms with E-state index in [1.54, 1.807) is 0 Å². The summed E-state index contributed by atoms with van der Waals surface area (Å²) in [7, 11) is 2.83. The number of aliphatic hydroxyl groups is 2. The van der Waals surface area contributed by atoms with Gasteiger partial charge in [-0.1, -0.05) is 0 Å². The van der Waals surface area contributed by atoms with Gasteiger partial charge in [-0.3, -0.25) is 4.79 Å². The number of ether oxygens (including phenoxy) is 3. The average molecular weight is 249 g/mol. The Bertz CT molecular complexity index is 261. The largest absolute Gasteiger partial charge is 0.394 e. The minimum Gasteiger partial charge on any atom is -0.394 e. The van der Waals surface area contributed by atoms with Gasteiger partial charge in [0.2, 0.25) is 5.91 Å². The van der Waals surface area contributed by atoms with Crippen molar-refractivity contribution in [3.8, 4) is 0 Å². The Labute approximate surface area is 99.7 Å². The van der Waals surface area contributed by atoms with Crippen molar-refractivity contribution in [2.45, 2.75) is 37.6 Å². The van der Waals surface area contributed by atoms with E-state index in [-0.39, 0.29) is 12.5 Å². The molecular weight excluding hydrogens is 230 g/mol. The molecule has 1 fully saturated rings. The fourth-order valence-corrected chi connectivity index (χ4v) is 1.94. The number of hydrogen-bond acceptors (Lipinski definition) is 6. The molecular formula is C10H19NO6. The topological polar surface area (TPSA) is 97.2 Å². The van der Waals surface area contributed by atoms with Gasteiger partial charge in [-0.05, 0) is 0 Å². The monoisotopic (exact) mass is 249 g/mol. The van der Waals surface area contributed by atoms with Crippen LogP contribution in [0.25, 0.3) is 0 Å². The van der Waals surface area contributed by atoms with Crippen molar-refractivity contribution < 1.29 is 29.2 Å². The van der Waals surface area contributed by atoms with Gasteiger partial charge in [0.05, 0.1) is 6.61 Å². The molecule has 100 valence electrons. The van der Waals surface area contributed by atoms with Crippen molar-refractivity contribution in [3.63, 3.8) is 0 Å². The zero-order chi connectivity index (χ0) is 13.0. The summed E-state index contributed by atoms with van der Waals surface area (Å²) >= 11 is 0. The van der Waals surface area contributed by atoms with Crippen molar-refractivity contribution in [1.29, 1.82) is 0 Å². The molecule has 0 saturated carbocycles. The number of nitrogens with one attached hydrogen (secondary N) is 1. The molecule has 0 aromatic carbocycles. The number of rotatable bonds is 4. The molecule has 7 nitrogen and oxygen atoms in total. The lowest BCUT2D eigenvalue weighted by Gasteiger charge is -2.43. The molecule has 5 unspecified atom stereocenters. The predicted molar refractivity (Wildman–Crippen MR) is 57.2 cm³/mol. The Morgan fingerprint density at radius 3 is 2.47 bits per heavy atom. The summed E-state index contributed by atoms with van der Waals surface area (Å²) in [5.74, 6) is -0.280. The first-order valence-corrected chi connectivity index (χ1v) is 5.32. The molecule has 3 N–H and O–H groups in total. The first-order valence-electron chi connectivity index (χ1n) is 5.32. The highest BCUT2D eigenvalue weighted by Gasteiger charge is 2.45. The molecule has 0 bridgehead atoms. The van der Waals surface area contributed by atoms with Crippen LogP contribution in [0, 0.1) is 0 Å². The number of hydrogen-bond donors (Lipinski definition) is 3. The van der Waals surface area contributed by atoms with Gasteiger partial charge in [0, 0.05) is 21.1 Å². The Balaban J connectivity index is 2.86. The molecule has 1 aliphatic rings. The molecule has 1 saturated heterocycles. The van der Waals surface area contributed by atoms with Gasteiger partial charge in [0.1, 0.15) is 24.4 Å². The maximum absolute atomic E-state index is 11.1. The molecule has 0 radical (unpaired) electrons. The van der Waals surface area contributed by atoms with E-state index in [0.717, 1.165) is 0 Å². The van der Waals surface area contributed by atoms with Crippen LogP contribution < -0.4 is 5.32 Å². The quantitative estimate of drug-likeness (QED) is 0.545. The van der Waals surface area contributed by atoms with Gasteiger partial charge in [-0.2, -0.15) is 0 Å². The highest BCUT2D eigenvalue weighted by molar-refractivity contribution is 5.73. The van der Waals surface area contributed by atoms with Crippen molar-refractivity contribution in [2.24, 2.45) is 0 Å². The number of aliphatic hydroxyl groups excluding tert-OH is 2. The van der Waals surface area contributed by atoms with Crippen LogP contribution in [-0.2, 0) is 19.0 Å². The van der Waals surface area contributed by atoms with E-state index < -0.39 is 30.6 Å². The van der Waals surface area contributed by atoms with Gasteiger partial charge < -0.3 is 29.7 Å². The normalized spacial score (nSPS) is 37.8. The second kappa shape index (κ2) is 6.27. The summed E-state index contributed by atoms with van der Waals surface area (Å²) < 4.78 is 15.5. The zero-order valence-electron chi connectivity index (χ0n) is 10.1. The summed E-state index contributed by atoms with van der Waals surface area (Å²) in [6, 6.07) is -0.625. The van der Waals surface area contributed by atoms with E-state index in [1.165, 1.54) is 21.1 Å². The zero-order valence-corrected chi connectivity index (χ0v) is 10.1. The van der Waals surface area contributed by atoms with Gasteiger partial charge in [0.25, 0.3) is 0 Å². The number of methoxy groups -OCH3 is 2. The summed E-state index contributed by atoms with van der Waals surface area (Å²) in [6.45, 7) is 0.998. The molecule has 0 aliphatic carbocycles. The lowest BCUT2D eigenvalue weighted by atomic mass is 9.96. The van der Waals surface area contributed by atoms with Crippen LogP contribution in [0.3, 0.4) is 0 Å². The number of amides is 1. The second-order valence-corrected chi connectivity index (χ2v) is 3.88. The van der Waals surface area contributed by atoms with Gasteiger partial charge in [0.15, 0.2) is 6.29 Å². The molecule has 0 aromatic rings. The Morgan fingerprint density at radius 1 is 1.41 bits per heavy atom. The molecule has 1 aliphatic heterocycles. The fourth-order valence-electron chi connectivity index (χ4n) is 1.94. The molecule has 7 heteroatoms. The van der Waals surface area contributed by atoms with Gasteiger partial charge >= 0.3 is 0 Å². The SMILES string of the molecule is COC1OC(CO)C(O)C(OC)C1NC(C)=O. The van der Waals surface area contributed by atoms with Crippen molar-refractivity contribution in [2.75, 3.05) is 20.8 Å². The van der Waals surface area contributed by atoms with Gasteiger partial charge in [-0.15, -0.1) is 0 Å². The first-order chi connectivity index (χ1) is 8.04. The smallest absolute Gasteiger partial charge is 0.217 e. The highest BCUT2D eigenvalue weighted by Crippen LogP contribution is 2.23. The maximum Gasteiger partial charge on any atom is 0.217 e. The van der Waals surface area contributed by atoms with Crippen molar-refractivity contribution in [1.82, 2.24) is 5.32 Å². The maximum atomic E-state index is 11.1. The summed E-state index contributed by atoms with van der Waals surface area (Å²) in [5.41, 5.74) is 0. The van der Waals surface area contributed by atoms with E-state index in [1.807, 2.05) is 0 Å². The van der Waals surface area contributed by atoms with Crippen LogP contribution in [-0.4, -0.2) is 67.6 Å². The first kappa shape index (κ1) is 14.3.